The Morgan fingerprint density at radius 2 is 1.00 bits per heavy atom. The molecule has 4 aromatic rings. The van der Waals surface area contributed by atoms with Gasteiger partial charge in [-0.3, -0.25) is 38.8 Å². The van der Waals surface area contributed by atoms with E-state index in [2.05, 4.69) is 59.2 Å². The molecule has 66 heavy (non-hydrogen) atoms. The molecule has 6 atom stereocenters. The number of aromatic amines is 2. The fourth-order valence-electron chi connectivity index (χ4n) is 6.99. The summed E-state index contributed by atoms with van der Waals surface area (Å²) in [5, 5.41) is 24.3. The van der Waals surface area contributed by atoms with Gasteiger partial charge >= 0.3 is 5.97 Å². The number of aliphatic carboxylic acids is 1. The van der Waals surface area contributed by atoms with Crippen LogP contribution in [0.4, 0.5) is 0 Å². The van der Waals surface area contributed by atoms with E-state index in [1.807, 2.05) is 42.5 Å². The number of benzene rings is 2. The van der Waals surface area contributed by atoms with Crippen LogP contribution >= 0.6 is 12.6 Å². The van der Waals surface area contributed by atoms with E-state index in [-0.39, 0.29) is 75.7 Å². The van der Waals surface area contributed by atoms with Gasteiger partial charge < -0.3 is 76.1 Å². The second-order valence-electron chi connectivity index (χ2n) is 15.5. The first-order valence-electron chi connectivity index (χ1n) is 21.1. The number of nitrogens with two attached hydrogens (primary N) is 6. The van der Waals surface area contributed by atoms with Crippen LogP contribution in [-0.4, -0.2) is 123 Å². The number of primary amides is 1. The standard InChI is InChI=1S/C42H59N15O8S/c43-26(9-5-15-49-41(45)46)35(59)53-29(12-6-16-50-42(47)48)36(60)55-31(17-22-19-51-27-10-3-1-7-24(22)27)37(61)56-32(18-23-20-52-28-11-4-2-8-25(23)28)38(62)57-33(21-66)39(63)54-30(40(64)65)13-14-34(44)58/h1-4,7-8,10-11,19-20,26,29-33,51-52,66H,5-6,9,12-18,21,43H2,(H2,44,58)(H,53,59)(H,54,63)(H,55,60)(H,56,61)(H,57,62)(H,64,65)(H4,45,46,49)(H4,47,48,50)/t26-,29-,30-,31-,32-,33-/m0/s1. The van der Waals surface area contributed by atoms with E-state index < -0.39 is 77.7 Å². The van der Waals surface area contributed by atoms with Crippen molar-refractivity contribution < 1.29 is 38.7 Å². The molecule has 2 heterocycles. The number of carboxylic acids is 1. The van der Waals surface area contributed by atoms with Crippen LogP contribution in [0.3, 0.4) is 0 Å². The Bertz CT molecular complexity index is 2390. The molecular formula is C42H59N15O8S. The zero-order valence-electron chi connectivity index (χ0n) is 36.1. The first-order chi connectivity index (χ1) is 31.5. The van der Waals surface area contributed by atoms with Crippen molar-refractivity contribution in [2.24, 2.45) is 44.4 Å². The van der Waals surface area contributed by atoms with Gasteiger partial charge in [0.25, 0.3) is 0 Å². The second kappa shape index (κ2) is 25.2. The van der Waals surface area contributed by atoms with Crippen molar-refractivity contribution in [2.75, 3.05) is 18.8 Å². The van der Waals surface area contributed by atoms with Gasteiger partial charge in [-0.25, -0.2) is 4.79 Å². The number of para-hydroxylation sites is 2. The minimum Gasteiger partial charge on any atom is -0.480 e. The number of amides is 6. The highest BCUT2D eigenvalue weighted by molar-refractivity contribution is 7.80. The number of thiol groups is 1. The zero-order chi connectivity index (χ0) is 48.3. The third kappa shape index (κ3) is 15.7. The number of hydrogen-bond donors (Lipinski definition) is 15. The highest BCUT2D eigenvalue weighted by Crippen LogP contribution is 2.21. The molecule has 20 N–H and O–H groups in total. The van der Waals surface area contributed by atoms with Gasteiger partial charge in [0.2, 0.25) is 35.4 Å². The van der Waals surface area contributed by atoms with Crippen LogP contribution < -0.4 is 61.0 Å². The average Bonchev–Trinajstić information content (AvgIpc) is 3.89. The number of carbonyl (C=O) groups excluding carboxylic acids is 6. The zero-order valence-corrected chi connectivity index (χ0v) is 37.0. The van der Waals surface area contributed by atoms with Crippen molar-refractivity contribution in [1.29, 1.82) is 0 Å². The van der Waals surface area contributed by atoms with Gasteiger partial charge in [0.15, 0.2) is 11.9 Å². The lowest BCUT2D eigenvalue weighted by Gasteiger charge is -2.27. The molecule has 0 aliphatic heterocycles. The summed E-state index contributed by atoms with van der Waals surface area (Å²) >= 11 is 4.23. The Balaban J connectivity index is 1.66. The second-order valence-corrected chi connectivity index (χ2v) is 15.8. The number of fused-ring (bicyclic) bond motifs is 2. The summed E-state index contributed by atoms with van der Waals surface area (Å²) in [4.78, 5) is 107. The molecule has 24 heteroatoms. The average molecular weight is 934 g/mol. The molecule has 356 valence electrons. The van der Waals surface area contributed by atoms with E-state index in [0.717, 1.165) is 21.8 Å². The number of aromatic nitrogens is 2. The van der Waals surface area contributed by atoms with Gasteiger partial charge in [0.05, 0.1) is 6.04 Å². The molecule has 0 saturated heterocycles. The fourth-order valence-corrected chi connectivity index (χ4v) is 7.25. The van der Waals surface area contributed by atoms with Gasteiger partial charge in [0, 0.05) is 72.3 Å². The van der Waals surface area contributed by atoms with Crippen molar-refractivity contribution >= 4 is 87.8 Å². The number of hydrogen-bond acceptors (Lipinski definition) is 11. The predicted octanol–water partition coefficient (Wildman–Crippen LogP) is -2.43. The quantitative estimate of drug-likeness (QED) is 0.0128. The molecule has 4 rings (SSSR count). The third-order valence-corrected chi connectivity index (χ3v) is 10.8. The van der Waals surface area contributed by atoms with E-state index in [9.17, 15) is 38.7 Å². The third-order valence-electron chi connectivity index (χ3n) is 10.5. The normalized spacial score (nSPS) is 13.8. The molecule has 0 fully saturated rings. The van der Waals surface area contributed by atoms with E-state index in [1.165, 1.54) is 0 Å². The maximum atomic E-state index is 14.7. The molecule has 0 unspecified atom stereocenters. The lowest BCUT2D eigenvalue weighted by atomic mass is 10.0. The molecule has 0 saturated carbocycles. The van der Waals surface area contributed by atoms with Crippen molar-refractivity contribution in [1.82, 2.24) is 36.6 Å². The van der Waals surface area contributed by atoms with Gasteiger partial charge in [0.1, 0.15) is 30.2 Å². The molecule has 2 aromatic heterocycles. The van der Waals surface area contributed by atoms with Crippen molar-refractivity contribution in [2.45, 2.75) is 87.6 Å². The number of carboxylic acid groups (broad SMARTS) is 1. The van der Waals surface area contributed by atoms with Crippen LogP contribution in [0, 0.1) is 0 Å². The Morgan fingerprint density at radius 1 is 0.576 bits per heavy atom. The maximum absolute atomic E-state index is 14.7. The summed E-state index contributed by atoms with van der Waals surface area (Å²) in [6, 6.07) is 6.60. The molecule has 23 nitrogen and oxygen atoms in total. The molecule has 0 spiro atoms. The number of nitrogens with one attached hydrogen (secondary N) is 7. The molecular weight excluding hydrogens is 875 g/mol. The highest BCUT2D eigenvalue weighted by atomic mass is 32.1. The number of nitrogens with zero attached hydrogens (tertiary/aromatic N) is 2. The molecule has 0 aliphatic rings. The number of guanidine groups is 2. The number of aliphatic imine (C=N–C) groups is 2. The molecule has 0 aliphatic carbocycles. The van der Waals surface area contributed by atoms with Crippen LogP contribution in [0.5, 0.6) is 0 Å². The molecule has 2 aromatic carbocycles. The lowest BCUT2D eigenvalue weighted by Crippen LogP contribution is -2.60. The predicted molar refractivity (Wildman–Crippen MR) is 251 cm³/mol. The summed E-state index contributed by atoms with van der Waals surface area (Å²) < 4.78 is 0. The van der Waals surface area contributed by atoms with Gasteiger partial charge in [-0.1, -0.05) is 36.4 Å². The number of rotatable bonds is 27. The number of carbonyl (C=O) groups is 7. The van der Waals surface area contributed by atoms with Crippen LogP contribution in [0.1, 0.15) is 49.7 Å². The first kappa shape index (κ1) is 51.3. The van der Waals surface area contributed by atoms with E-state index >= 15 is 0 Å². The largest absolute Gasteiger partial charge is 0.480 e. The molecule has 0 radical (unpaired) electrons. The SMILES string of the molecule is NC(=O)CC[C@H](NC(=O)[C@H](CS)NC(=O)[C@H](Cc1c[nH]c2ccccc12)NC(=O)[C@H](Cc1c[nH]c2ccccc12)NC(=O)[C@H](CCCN=C(N)N)NC(=O)[C@@H](N)CCCN=C(N)N)C(=O)O. The van der Waals surface area contributed by atoms with Gasteiger partial charge in [-0.15, -0.1) is 0 Å². The summed E-state index contributed by atoms with van der Waals surface area (Å²) in [7, 11) is 0. The fraction of sp³-hybridized carbons (Fsp3) is 0.405. The maximum Gasteiger partial charge on any atom is 0.326 e. The minimum atomic E-state index is -1.51. The Morgan fingerprint density at radius 3 is 1.47 bits per heavy atom. The minimum absolute atomic E-state index is 0.0283. The summed E-state index contributed by atoms with van der Waals surface area (Å²) in [6.07, 6.45) is 3.33. The number of H-pyrrole nitrogens is 2. The van der Waals surface area contributed by atoms with Gasteiger partial charge in [-0.05, 0) is 55.4 Å². The molecule has 6 amide bonds. The Hall–Kier alpha value is -7.34. The first-order valence-corrected chi connectivity index (χ1v) is 21.7. The Labute approximate surface area is 384 Å². The summed E-state index contributed by atoms with van der Waals surface area (Å²) in [5.41, 5.74) is 35.9. The van der Waals surface area contributed by atoms with Crippen molar-refractivity contribution in [3.63, 3.8) is 0 Å². The van der Waals surface area contributed by atoms with Crippen molar-refractivity contribution in [3.05, 3.63) is 72.1 Å². The van der Waals surface area contributed by atoms with Crippen molar-refractivity contribution in [3.8, 4) is 0 Å². The summed E-state index contributed by atoms with van der Waals surface area (Å²) in [5.74, 6) is -6.75. The van der Waals surface area contributed by atoms with Crippen LogP contribution in [0.15, 0.2) is 70.9 Å². The van der Waals surface area contributed by atoms with E-state index in [0.29, 0.717) is 17.5 Å². The van der Waals surface area contributed by atoms with E-state index in [4.69, 9.17) is 34.4 Å². The van der Waals surface area contributed by atoms with Crippen LogP contribution in [0.25, 0.3) is 21.8 Å². The van der Waals surface area contributed by atoms with E-state index in [1.54, 1.807) is 18.5 Å². The Kier molecular flexibility index (Phi) is 19.6. The topological polar surface area (TPSA) is 412 Å². The van der Waals surface area contributed by atoms with Gasteiger partial charge in [-0.2, -0.15) is 12.6 Å². The smallest absolute Gasteiger partial charge is 0.326 e. The molecule has 0 bridgehead atoms. The van der Waals surface area contributed by atoms with Crippen LogP contribution in [0.2, 0.25) is 0 Å². The lowest BCUT2D eigenvalue weighted by molar-refractivity contribution is -0.142. The summed E-state index contributed by atoms with van der Waals surface area (Å²) in [6.45, 7) is 0.341. The van der Waals surface area contributed by atoms with Crippen LogP contribution in [-0.2, 0) is 46.4 Å². The monoisotopic (exact) mass is 933 g/mol. The highest BCUT2D eigenvalue weighted by Gasteiger charge is 2.34.